The zero-order valence-corrected chi connectivity index (χ0v) is 10.6. The van der Waals surface area contributed by atoms with Crippen molar-refractivity contribution in [3.63, 3.8) is 0 Å². The maximum atomic E-state index is 13.0. The summed E-state index contributed by atoms with van der Waals surface area (Å²) in [5.74, 6) is 0. The Labute approximate surface area is 110 Å². The number of aliphatic hydroxyl groups is 1. The van der Waals surface area contributed by atoms with Gasteiger partial charge in [0.05, 0.1) is 6.61 Å². The Morgan fingerprint density at radius 2 is 1.84 bits per heavy atom. The minimum absolute atomic E-state index is 0.0287. The molecular formula is C13H19F3N2O. The number of nitrogens with two attached hydrogens (primary N) is 1. The van der Waals surface area contributed by atoms with Crippen molar-refractivity contribution in [1.82, 2.24) is 4.90 Å². The van der Waals surface area contributed by atoms with Gasteiger partial charge in [0.1, 0.15) is 6.04 Å². The van der Waals surface area contributed by atoms with Gasteiger partial charge in [0.25, 0.3) is 0 Å². The number of benzene rings is 1. The fraction of sp³-hybridized carbons (Fsp3) is 0.538. The van der Waals surface area contributed by atoms with Gasteiger partial charge in [0.15, 0.2) is 0 Å². The molecule has 0 aliphatic rings. The fourth-order valence-corrected chi connectivity index (χ4v) is 2.00. The first-order valence-electron chi connectivity index (χ1n) is 6.14. The number of alkyl halides is 3. The molecule has 1 atom stereocenters. The quantitative estimate of drug-likeness (QED) is 0.798. The van der Waals surface area contributed by atoms with Crippen LogP contribution in [0.25, 0.3) is 0 Å². The fourth-order valence-electron chi connectivity index (χ4n) is 2.00. The van der Waals surface area contributed by atoms with Crippen molar-refractivity contribution in [2.24, 2.45) is 5.73 Å². The Kier molecular flexibility index (Phi) is 6.27. The minimum Gasteiger partial charge on any atom is -0.395 e. The Morgan fingerprint density at radius 3 is 2.32 bits per heavy atom. The average Bonchev–Trinajstić information content (AvgIpc) is 2.35. The van der Waals surface area contributed by atoms with Crippen LogP contribution in [0, 0.1) is 0 Å². The average molecular weight is 276 g/mol. The monoisotopic (exact) mass is 276 g/mol. The van der Waals surface area contributed by atoms with Crippen LogP contribution in [0.3, 0.4) is 0 Å². The largest absolute Gasteiger partial charge is 0.404 e. The van der Waals surface area contributed by atoms with Gasteiger partial charge in [-0.05, 0) is 18.5 Å². The summed E-state index contributed by atoms with van der Waals surface area (Å²) in [7, 11) is 0. The third-order valence-electron chi connectivity index (χ3n) is 2.87. The number of hydrogen-bond acceptors (Lipinski definition) is 3. The normalized spacial score (nSPS) is 13.8. The molecule has 0 saturated heterocycles. The van der Waals surface area contributed by atoms with E-state index in [-0.39, 0.29) is 32.7 Å². The lowest BCUT2D eigenvalue weighted by molar-refractivity contribution is -0.187. The maximum Gasteiger partial charge on any atom is 0.404 e. The van der Waals surface area contributed by atoms with Gasteiger partial charge in [-0.2, -0.15) is 13.2 Å². The van der Waals surface area contributed by atoms with Gasteiger partial charge in [-0.15, -0.1) is 0 Å². The first-order chi connectivity index (χ1) is 8.99. The molecule has 1 aromatic rings. The lowest BCUT2D eigenvalue weighted by Crippen LogP contribution is -2.47. The Hall–Kier alpha value is -1.11. The van der Waals surface area contributed by atoms with Crippen LogP contribution in [0.4, 0.5) is 13.2 Å². The Balaban J connectivity index is 2.84. The minimum atomic E-state index is -4.34. The third kappa shape index (κ3) is 5.18. The van der Waals surface area contributed by atoms with Crippen LogP contribution in [0.15, 0.2) is 30.3 Å². The van der Waals surface area contributed by atoms with E-state index in [9.17, 15) is 13.2 Å². The molecule has 0 saturated carbocycles. The Morgan fingerprint density at radius 1 is 1.21 bits per heavy atom. The van der Waals surface area contributed by atoms with E-state index in [1.165, 1.54) is 4.90 Å². The summed E-state index contributed by atoms with van der Waals surface area (Å²) in [5, 5.41) is 8.96. The highest BCUT2D eigenvalue weighted by Crippen LogP contribution is 2.28. The van der Waals surface area contributed by atoms with Crippen LogP contribution in [0.1, 0.15) is 12.0 Å². The van der Waals surface area contributed by atoms with E-state index in [0.29, 0.717) is 0 Å². The SMILES string of the molecule is NCCC(N(CCO)Cc1ccccc1)C(F)(F)F. The van der Waals surface area contributed by atoms with Gasteiger partial charge in [-0.1, -0.05) is 30.3 Å². The highest BCUT2D eigenvalue weighted by atomic mass is 19.4. The number of nitrogens with zero attached hydrogens (tertiary/aromatic N) is 1. The van der Waals surface area contributed by atoms with Crippen LogP contribution >= 0.6 is 0 Å². The van der Waals surface area contributed by atoms with Crippen LogP contribution < -0.4 is 5.73 Å². The zero-order chi connectivity index (χ0) is 14.3. The molecule has 19 heavy (non-hydrogen) atoms. The van der Waals surface area contributed by atoms with Gasteiger partial charge >= 0.3 is 6.18 Å². The van der Waals surface area contributed by atoms with E-state index in [2.05, 4.69) is 0 Å². The molecular weight excluding hydrogens is 257 g/mol. The first-order valence-corrected chi connectivity index (χ1v) is 6.14. The van der Waals surface area contributed by atoms with Crippen LogP contribution in [-0.4, -0.2) is 41.9 Å². The maximum absolute atomic E-state index is 13.0. The molecule has 1 unspecified atom stereocenters. The molecule has 0 fully saturated rings. The molecule has 0 spiro atoms. The zero-order valence-electron chi connectivity index (χ0n) is 10.6. The van der Waals surface area contributed by atoms with Gasteiger partial charge in [-0.25, -0.2) is 0 Å². The summed E-state index contributed by atoms with van der Waals surface area (Å²) in [5.41, 5.74) is 6.04. The van der Waals surface area contributed by atoms with Crippen molar-refractivity contribution in [2.75, 3.05) is 19.7 Å². The molecule has 3 nitrogen and oxygen atoms in total. The molecule has 0 heterocycles. The highest BCUT2D eigenvalue weighted by Gasteiger charge is 2.42. The predicted molar refractivity (Wildman–Crippen MR) is 67.5 cm³/mol. The van der Waals surface area contributed by atoms with Gasteiger partial charge in [0, 0.05) is 13.1 Å². The van der Waals surface area contributed by atoms with Gasteiger partial charge < -0.3 is 10.8 Å². The molecule has 0 bridgehead atoms. The van der Waals surface area contributed by atoms with Crippen molar-refractivity contribution in [2.45, 2.75) is 25.2 Å². The Bertz CT molecular complexity index is 357. The third-order valence-corrected chi connectivity index (χ3v) is 2.87. The van der Waals surface area contributed by atoms with Crippen molar-refractivity contribution < 1.29 is 18.3 Å². The van der Waals surface area contributed by atoms with E-state index >= 15 is 0 Å². The molecule has 0 aliphatic heterocycles. The number of aliphatic hydroxyl groups excluding tert-OH is 1. The summed E-state index contributed by atoms with van der Waals surface area (Å²) in [6.07, 6.45) is -4.51. The van der Waals surface area contributed by atoms with E-state index in [0.717, 1.165) is 5.56 Å². The molecule has 1 aromatic carbocycles. The topological polar surface area (TPSA) is 49.5 Å². The van der Waals surface area contributed by atoms with Gasteiger partial charge in [0.2, 0.25) is 0 Å². The highest BCUT2D eigenvalue weighted by molar-refractivity contribution is 5.14. The summed E-state index contributed by atoms with van der Waals surface area (Å²) in [6.45, 7) is -0.241. The second kappa shape index (κ2) is 7.47. The van der Waals surface area contributed by atoms with Crippen molar-refractivity contribution in [3.05, 3.63) is 35.9 Å². The summed E-state index contributed by atoms with van der Waals surface area (Å²) in [6, 6.07) is 7.27. The first kappa shape index (κ1) is 15.9. The molecule has 108 valence electrons. The summed E-state index contributed by atoms with van der Waals surface area (Å²) < 4.78 is 39.0. The van der Waals surface area contributed by atoms with Crippen LogP contribution in [-0.2, 0) is 6.54 Å². The molecule has 1 rings (SSSR count). The van der Waals surface area contributed by atoms with E-state index in [4.69, 9.17) is 10.8 Å². The number of rotatable bonds is 7. The van der Waals surface area contributed by atoms with Crippen molar-refractivity contribution >= 4 is 0 Å². The van der Waals surface area contributed by atoms with Crippen LogP contribution in [0.2, 0.25) is 0 Å². The van der Waals surface area contributed by atoms with E-state index < -0.39 is 12.2 Å². The second-order valence-corrected chi connectivity index (χ2v) is 4.31. The molecule has 3 N–H and O–H groups in total. The van der Waals surface area contributed by atoms with Gasteiger partial charge in [-0.3, -0.25) is 4.90 Å². The number of halogens is 3. The predicted octanol–water partition coefficient (Wildman–Crippen LogP) is 1.76. The summed E-state index contributed by atoms with van der Waals surface area (Å²) in [4.78, 5) is 1.22. The van der Waals surface area contributed by atoms with Crippen molar-refractivity contribution in [1.29, 1.82) is 0 Å². The van der Waals surface area contributed by atoms with E-state index in [1.807, 2.05) is 0 Å². The summed E-state index contributed by atoms with van der Waals surface area (Å²) >= 11 is 0. The lowest BCUT2D eigenvalue weighted by Gasteiger charge is -2.32. The lowest BCUT2D eigenvalue weighted by atomic mass is 10.1. The number of hydrogen-bond donors (Lipinski definition) is 2. The van der Waals surface area contributed by atoms with E-state index in [1.54, 1.807) is 30.3 Å². The standard InChI is InChI=1S/C13H19F3N2O/c14-13(15,16)12(6-7-17)18(8-9-19)10-11-4-2-1-3-5-11/h1-5,12,19H,6-10,17H2. The molecule has 0 aromatic heterocycles. The molecule has 0 amide bonds. The van der Waals surface area contributed by atoms with Crippen molar-refractivity contribution in [3.8, 4) is 0 Å². The molecule has 6 heteroatoms. The second-order valence-electron chi connectivity index (χ2n) is 4.31. The molecule has 0 aliphatic carbocycles. The molecule has 0 radical (unpaired) electrons. The van der Waals surface area contributed by atoms with Crippen LogP contribution in [0.5, 0.6) is 0 Å². The smallest absolute Gasteiger partial charge is 0.395 e.